The number of nitrogens with one attached hydrogen (secondary N) is 2. The first-order valence-corrected chi connectivity index (χ1v) is 10.0. The van der Waals surface area contributed by atoms with Gasteiger partial charge in [0.1, 0.15) is 0 Å². The van der Waals surface area contributed by atoms with Crippen LogP contribution in [0.15, 0.2) is 29.1 Å². The SMILES string of the molecule is CCS(=O)(=O)NCCN1CCC(n2c(=O)[nH]c3ccccc32)CC1. The number of imidazole rings is 1. The van der Waals surface area contributed by atoms with Gasteiger partial charge in [-0.1, -0.05) is 12.1 Å². The van der Waals surface area contributed by atoms with Gasteiger partial charge in [0.25, 0.3) is 0 Å². The summed E-state index contributed by atoms with van der Waals surface area (Å²) in [7, 11) is -3.12. The average Bonchev–Trinajstić information content (AvgIpc) is 2.91. The molecule has 0 atom stereocenters. The highest BCUT2D eigenvalue weighted by atomic mass is 32.2. The minimum absolute atomic E-state index is 0.0506. The van der Waals surface area contributed by atoms with Gasteiger partial charge in [-0.05, 0) is 31.9 Å². The van der Waals surface area contributed by atoms with Crippen LogP contribution in [-0.4, -0.2) is 54.8 Å². The Bertz CT molecular complexity index is 848. The Hall–Kier alpha value is -1.64. The molecule has 0 amide bonds. The number of benzene rings is 1. The maximum absolute atomic E-state index is 12.3. The number of likely N-dealkylation sites (tertiary alicyclic amines) is 1. The molecule has 3 rings (SSSR count). The molecule has 1 saturated heterocycles. The quantitative estimate of drug-likeness (QED) is 0.809. The van der Waals surface area contributed by atoms with Crippen LogP contribution in [0.1, 0.15) is 25.8 Å². The summed E-state index contributed by atoms with van der Waals surface area (Å²) in [5.74, 6) is 0.110. The van der Waals surface area contributed by atoms with Crippen molar-refractivity contribution in [3.05, 3.63) is 34.7 Å². The third-order valence-electron chi connectivity index (χ3n) is 4.68. The minimum Gasteiger partial charge on any atom is -0.306 e. The van der Waals surface area contributed by atoms with Gasteiger partial charge in [0, 0.05) is 32.2 Å². The van der Waals surface area contributed by atoms with Crippen molar-refractivity contribution in [2.24, 2.45) is 0 Å². The third kappa shape index (κ3) is 3.71. The zero-order valence-electron chi connectivity index (χ0n) is 13.9. The molecule has 1 aliphatic rings. The second kappa shape index (κ2) is 7.08. The van der Waals surface area contributed by atoms with Gasteiger partial charge in [0.15, 0.2) is 0 Å². The number of fused-ring (bicyclic) bond motifs is 1. The normalized spacial score (nSPS) is 17.5. The summed E-state index contributed by atoms with van der Waals surface area (Å²) in [5, 5.41) is 0. The summed E-state index contributed by atoms with van der Waals surface area (Å²) in [5.41, 5.74) is 1.78. The molecule has 2 aromatic rings. The van der Waals surface area contributed by atoms with E-state index in [1.54, 1.807) is 6.92 Å². The molecule has 24 heavy (non-hydrogen) atoms. The van der Waals surface area contributed by atoms with E-state index in [-0.39, 0.29) is 17.5 Å². The van der Waals surface area contributed by atoms with Crippen LogP contribution in [0, 0.1) is 0 Å². The van der Waals surface area contributed by atoms with Gasteiger partial charge in [-0.2, -0.15) is 0 Å². The standard InChI is InChI=1S/C16H24N4O3S/c1-2-24(22,23)17-9-12-19-10-7-13(8-11-19)20-15-6-4-3-5-14(15)18-16(20)21/h3-6,13,17H,2,7-12H2,1H3,(H,18,21). The molecule has 0 radical (unpaired) electrons. The lowest BCUT2D eigenvalue weighted by Gasteiger charge is -2.32. The van der Waals surface area contributed by atoms with Crippen molar-refractivity contribution in [3.8, 4) is 0 Å². The number of piperidine rings is 1. The van der Waals surface area contributed by atoms with E-state index in [2.05, 4.69) is 14.6 Å². The number of nitrogens with zero attached hydrogens (tertiary/aromatic N) is 2. The second-order valence-corrected chi connectivity index (χ2v) is 8.28. The molecule has 1 fully saturated rings. The number of para-hydroxylation sites is 2. The molecule has 1 aliphatic heterocycles. The molecular weight excluding hydrogens is 328 g/mol. The highest BCUT2D eigenvalue weighted by Gasteiger charge is 2.23. The molecule has 1 aromatic carbocycles. The van der Waals surface area contributed by atoms with Gasteiger partial charge in [0.05, 0.1) is 16.8 Å². The zero-order chi connectivity index (χ0) is 17.2. The molecule has 0 saturated carbocycles. The Balaban J connectivity index is 1.59. The lowest BCUT2D eigenvalue weighted by molar-refractivity contribution is 0.190. The number of rotatable bonds is 6. The van der Waals surface area contributed by atoms with Crippen molar-refractivity contribution in [2.75, 3.05) is 31.9 Å². The molecule has 0 spiro atoms. The van der Waals surface area contributed by atoms with E-state index in [1.165, 1.54) is 0 Å². The Morgan fingerprint density at radius 2 is 1.96 bits per heavy atom. The fourth-order valence-electron chi connectivity index (χ4n) is 3.30. The van der Waals surface area contributed by atoms with E-state index in [0.29, 0.717) is 13.1 Å². The number of aromatic amines is 1. The van der Waals surface area contributed by atoms with Crippen LogP contribution < -0.4 is 10.4 Å². The fourth-order valence-corrected chi connectivity index (χ4v) is 3.91. The lowest BCUT2D eigenvalue weighted by atomic mass is 10.0. The Kier molecular flexibility index (Phi) is 5.07. The number of sulfonamides is 1. The van der Waals surface area contributed by atoms with Gasteiger partial charge < -0.3 is 9.88 Å². The van der Waals surface area contributed by atoms with Gasteiger partial charge in [-0.15, -0.1) is 0 Å². The van der Waals surface area contributed by atoms with Gasteiger partial charge in [-0.3, -0.25) is 4.57 Å². The van der Waals surface area contributed by atoms with Crippen LogP contribution >= 0.6 is 0 Å². The van der Waals surface area contributed by atoms with Crippen molar-refractivity contribution in [2.45, 2.75) is 25.8 Å². The van der Waals surface area contributed by atoms with Gasteiger partial charge >= 0.3 is 5.69 Å². The monoisotopic (exact) mass is 352 g/mol. The summed E-state index contributed by atoms with van der Waals surface area (Å²) in [6, 6.07) is 7.95. The molecule has 0 aliphatic carbocycles. The number of hydrogen-bond acceptors (Lipinski definition) is 4. The largest absolute Gasteiger partial charge is 0.326 e. The number of hydrogen-bond donors (Lipinski definition) is 2. The molecule has 0 bridgehead atoms. The van der Waals surface area contributed by atoms with E-state index in [1.807, 2.05) is 28.8 Å². The number of aromatic nitrogens is 2. The smallest absolute Gasteiger partial charge is 0.306 e. The summed E-state index contributed by atoms with van der Waals surface area (Å²) in [4.78, 5) is 17.4. The van der Waals surface area contributed by atoms with Crippen molar-refractivity contribution in [1.82, 2.24) is 19.2 Å². The topological polar surface area (TPSA) is 87.2 Å². The summed E-state index contributed by atoms with van der Waals surface area (Å²) in [6.45, 7) is 4.50. The van der Waals surface area contributed by atoms with Crippen molar-refractivity contribution in [1.29, 1.82) is 0 Å². The molecule has 7 nitrogen and oxygen atoms in total. The third-order valence-corrected chi connectivity index (χ3v) is 6.08. The molecule has 2 N–H and O–H groups in total. The van der Waals surface area contributed by atoms with Crippen molar-refractivity contribution >= 4 is 21.1 Å². The van der Waals surface area contributed by atoms with Gasteiger partial charge in [-0.25, -0.2) is 17.9 Å². The summed E-state index contributed by atoms with van der Waals surface area (Å²) >= 11 is 0. The first kappa shape index (κ1) is 17.2. The molecule has 8 heteroatoms. The van der Waals surface area contributed by atoms with Crippen LogP contribution in [-0.2, 0) is 10.0 Å². The van der Waals surface area contributed by atoms with Crippen molar-refractivity contribution < 1.29 is 8.42 Å². The molecule has 132 valence electrons. The predicted molar refractivity (Wildman–Crippen MR) is 94.7 cm³/mol. The second-order valence-electron chi connectivity index (χ2n) is 6.19. The summed E-state index contributed by atoms with van der Waals surface area (Å²) in [6.07, 6.45) is 1.78. The van der Waals surface area contributed by atoms with Crippen LogP contribution in [0.25, 0.3) is 11.0 Å². The maximum atomic E-state index is 12.3. The van der Waals surface area contributed by atoms with E-state index in [9.17, 15) is 13.2 Å². The zero-order valence-corrected chi connectivity index (χ0v) is 14.7. The molecule has 1 aromatic heterocycles. The van der Waals surface area contributed by atoms with Crippen LogP contribution in [0.4, 0.5) is 0 Å². The first-order chi connectivity index (χ1) is 11.5. The maximum Gasteiger partial charge on any atom is 0.326 e. The molecular formula is C16H24N4O3S. The Labute approximate surface area is 141 Å². The average molecular weight is 352 g/mol. The van der Waals surface area contributed by atoms with Crippen LogP contribution in [0.5, 0.6) is 0 Å². The molecule has 2 heterocycles. The van der Waals surface area contributed by atoms with Crippen LogP contribution in [0.2, 0.25) is 0 Å². The Morgan fingerprint density at radius 1 is 1.25 bits per heavy atom. The first-order valence-electron chi connectivity index (χ1n) is 8.39. The summed E-state index contributed by atoms with van der Waals surface area (Å²) < 4.78 is 27.3. The van der Waals surface area contributed by atoms with E-state index < -0.39 is 10.0 Å². The highest BCUT2D eigenvalue weighted by molar-refractivity contribution is 7.89. The van der Waals surface area contributed by atoms with E-state index in [0.717, 1.165) is 37.0 Å². The van der Waals surface area contributed by atoms with Crippen molar-refractivity contribution in [3.63, 3.8) is 0 Å². The minimum atomic E-state index is -3.12. The van der Waals surface area contributed by atoms with Crippen LogP contribution in [0.3, 0.4) is 0 Å². The van der Waals surface area contributed by atoms with E-state index >= 15 is 0 Å². The van der Waals surface area contributed by atoms with Gasteiger partial charge in [0.2, 0.25) is 10.0 Å². The highest BCUT2D eigenvalue weighted by Crippen LogP contribution is 2.24. The number of H-pyrrole nitrogens is 1. The molecule has 0 unspecified atom stereocenters. The Morgan fingerprint density at radius 3 is 2.67 bits per heavy atom. The lowest BCUT2D eigenvalue weighted by Crippen LogP contribution is -2.41. The predicted octanol–water partition coefficient (Wildman–Crippen LogP) is 0.906. The van der Waals surface area contributed by atoms with E-state index in [4.69, 9.17) is 0 Å². The fraction of sp³-hybridized carbons (Fsp3) is 0.562.